The van der Waals surface area contributed by atoms with Gasteiger partial charge in [0.1, 0.15) is 5.75 Å². The van der Waals surface area contributed by atoms with E-state index in [-0.39, 0.29) is 24.4 Å². The highest BCUT2D eigenvalue weighted by molar-refractivity contribution is 6.33. The molecular formula is C16H13ClN2O5. The molecule has 0 radical (unpaired) electrons. The lowest BCUT2D eigenvalue weighted by Crippen LogP contribution is -2.27. The van der Waals surface area contributed by atoms with Gasteiger partial charge < -0.3 is 10.1 Å². The topological polar surface area (TPSA) is 98.5 Å². The molecule has 2 aromatic carbocycles. The number of hydrogen-bond acceptors (Lipinski definition) is 5. The Kier molecular flexibility index (Phi) is 5.86. The van der Waals surface area contributed by atoms with E-state index in [0.717, 1.165) is 6.07 Å². The van der Waals surface area contributed by atoms with Crippen LogP contribution in [0.1, 0.15) is 16.8 Å². The Morgan fingerprint density at radius 3 is 2.62 bits per heavy atom. The molecular weight excluding hydrogens is 336 g/mol. The fourth-order valence-electron chi connectivity index (χ4n) is 1.86. The standard InChI is InChI=1S/C16H13ClN2O5/c17-14-7-2-1-6-13(14)16(21)18-9-8-15(20)24-12-5-3-4-11(10-12)19(22)23/h1-7,10H,8-9H2,(H,18,21). The van der Waals surface area contributed by atoms with Gasteiger partial charge in [0.15, 0.2) is 0 Å². The van der Waals surface area contributed by atoms with Crippen molar-refractivity contribution in [1.82, 2.24) is 5.32 Å². The molecule has 0 bridgehead atoms. The Labute approximate surface area is 142 Å². The summed E-state index contributed by atoms with van der Waals surface area (Å²) in [7, 11) is 0. The SMILES string of the molecule is O=C(CCNC(=O)c1ccccc1Cl)Oc1cccc([N+](=O)[O-])c1. The van der Waals surface area contributed by atoms with Crippen molar-refractivity contribution in [3.8, 4) is 5.75 Å². The molecule has 1 amide bonds. The van der Waals surface area contributed by atoms with E-state index in [9.17, 15) is 19.7 Å². The summed E-state index contributed by atoms with van der Waals surface area (Å²) in [5.74, 6) is -0.940. The van der Waals surface area contributed by atoms with Gasteiger partial charge >= 0.3 is 5.97 Å². The second kappa shape index (κ2) is 8.07. The van der Waals surface area contributed by atoms with E-state index < -0.39 is 16.8 Å². The van der Waals surface area contributed by atoms with Crippen LogP contribution in [0.15, 0.2) is 48.5 Å². The molecule has 0 fully saturated rings. The van der Waals surface area contributed by atoms with Crippen molar-refractivity contribution in [2.45, 2.75) is 6.42 Å². The number of ether oxygens (including phenoxy) is 1. The first-order chi connectivity index (χ1) is 11.5. The summed E-state index contributed by atoms with van der Waals surface area (Å²) in [5.41, 5.74) is 0.138. The maximum absolute atomic E-state index is 11.9. The van der Waals surface area contributed by atoms with Crippen molar-refractivity contribution in [2.24, 2.45) is 0 Å². The van der Waals surface area contributed by atoms with E-state index in [2.05, 4.69) is 5.32 Å². The zero-order valence-electron chi connectivity index (χ0n) is 12.4. The predicted octanol–water partition coefficient (Wildman–Crippen LogP) is 2.97. The first-order valence-corrected chi connectivity index (χ1v) is 7.33. The molecule has 0 aliphatic heterocycles. The maximum atomic E-state index is 11.9. The van der Waals surface area contributed by atoms with Crippen molar-refractivity contribution in [3.63, 3.8) is 0 Å². The van der Waals surface area contributed by atoms with Crippen LogP contribution in [0, 0.1) is 10.1 Å². The van der Waals surface area contributed by atoms with Crippen molar-refractivity contribution in [1.29, 1.82) is 0 Å². The number of non-ortho nitro benzene ring substituents is 1. The highest BCUT2D eigenvalue weighted by Crippen LogP contribution is 2.19. The van der Waals surface area contributed by atoms with Gasteiger partial charge in [-0.05, 0) is 18.2 Å². The van der Waals surface area contributed by atoms with Gasteiger partial charge in [-0.25, -0.2) is 0 Å². The lowest BCUT2D eigenvalue weighted by molar-refractivity contribution is -0.384. The van der Waals surface area contributed by atoms with Gasteiger partial charge in [0.2, 0.25) is 0 Å². The molecule has 124 valence electrons. The molecule has 1 N–H and O–H groups in total. The first-order valence-electron chi connectivity index (χ1n) is 6.95. The third-order valence-electron chi connectivity index (χ3n) is 2.99. The Balaban J connectivity index is 1.83. The summed E-state index contributed by atoms with van der Waals surface area (Å²) in [4.78, 5) is 33.7. The van der Waals surface area contributed by atoms with Gasteiger partial charge in [-0.15, -0.1) is 0 Å². The molecule has 7 nitrogen and oxygen atoms in total. The van der Waals surface area contributed by atoms with Crippen LogP contribution in [0.4, 0.5) is 5.69 Å². The Morgan fingerprint density at radius 2 is 1.92 bits per heavy atom. The molecule has 0 heterocycles. The normalized spacial score (nSPS) is 10.0. The minimum atomic E-state index is -0.616. The number of esters is 1. The van der Waals surface area contributed by atoms with E-state index in [1.165, 1.54) is 18.2 Å². The molecule has 0 saturated carbocycles. The number of benzene rings is 2. The van der Waals surface area contributed by atoms with Crippen LogP contribution < -0.4 is 10.1 Å². The van der Waals surface area contributed by atoms with E-state index in [1.807, 2.05) is 0 Å². The van der Waals surface area contributed by atoms with Crippen LogP contribution in [-0.2, 0) is 4.79 Å². The van der Waals surface area contributed by atoms with Crippen molar-refractivity contribution in [3.05, 3.63) is 69.2 Å². The quantitative estimate of drug-likeness (QED) is 0.374. The number of halogens is 1. The third-order valence-corrected chi connectivity index (χ3v) is 3.32. The van der Waals surface area contributed by atoms with Crippen LogP contribution in [0.3, 0.4) is 0 Å². The molecule has 0 aliphatic carbocycles. The minimum Gasteiger partial charge on any atom is -0.426 e. The molecule has 0 aliphatic rings. The summed E-state index contributed by atoms with van der Waals surface area (Å²) in [6.45, 7) is 0.0534. The Bertz CT molecular complexity index is 779. The lowest BCUT2D eigenvalue weighted by Gasteiger charge is -2.07. The van der Waals surface area contributed by atoms with Gasteiger partial charge in [-0.2, -0.15) is 0 Å². The number of nitro groups is 1. The lowest BCUT2D eigenvalue weighted by atomic mass is 10.2. The number of hydrogen-bond donors (Lipinski definition) is 1. The largest absolute Gasteiger partial charge is 0.426 e. The number of carbonyl (C=O) groups is 2. The summed E-state index contributed by atoms with van der Waals surface area (Å²) in [6.07, 6.45) is -0.0844. The average Bonchev–Trinajstić information content (AvgIpc) is 2.55. The molecule has 0 spiro atoms. The number of nitro benzene ring substituents is 1. The van der Waals surface area contributed by atoms with E-state index in [1.54, 1.807) is 24.3 Å². The van der Waals surface area contributed by atoms with Gasteiger partial charge in [0.25, 0.3) is 11.6 Å². The van der Waals surface area contributed by atoms with Crippen molar-refractivity contribution < 1.29 is 19.2 Å². The summed E-state index contributed by atoms with van der Waals surface area (Å²) < 4.78 is 5.00. The smallest absolute Gasteiger partial charge is 0.312 e. The fourth-order valence-corrected chi connectivity index (χ4v) is 2.08. The summed E-state index contributed by atoms with van der Waals surface area (Å²) in [5, 5.41) is 13.5. The number of nitrogens with zero attached hydrogens (tertiary/aromatic N) is 1. The van der Waals surface area contributed by atoms with E-state index >= 15 is 0 Å². The number of amides is 1. The van der Waals surface area contributed by atoms with Gasteiger partial charge in [0, 0.05) is 12.6 Å². The Morgan fingerprint density at radius 1 is 1.17 bits per heavy atom. The van der Waals surface area contributed by atoms with Crippen LogP contribution in [0.2, 0.25) is 5.02 Å². The maximum Gasteiger partial charge on any atom is 0.312 e. The number of carbonyl (C=O) groups excluding carboxylic acids is 2. The monoisotopic (exact) mass is 348 g/mol. The highest BCUT2D eigenvalue weighted by Gasteiger charge is 2.12. The van der Waals surface area contributed by atoms with Crippen LogP contribution in [0.5, 0.6) is 5.75 Å². The molecule has 2 rings (SSSR count). The number of nitrogens with one attached hydrogen (secondary N) is 1. The fraction of sp³-hybridized carbons (Fsp3) is 0.125. The summed E-state index contributed by atoms with van der Waals surface area (Å²) >= 11 is 5.90. The molecule has 0 saturated heterocycles. The zero-order chi connectivity index (χ0) is 17.5. The molecule has 24 heavy (non-hydrogen) atoms. The number of rotatable bonds is 6. The van der Waals surface area contributed by atoms with E-state index in [0.29, 0.717) is 10.6 Å². The summed E-state index contributed by atoms with van der Waals surface area (Å²) in [6, 6.07) is 11.8. The second-order valence-corrected chi connectivity index (χ2v) is 5.12. The van der Waals surface area contributed by atoms with Crippen LogP contribution in [-0.4, -0.2) is 23.3 Å². The molecule has 0 atom stereocenters. The third kappa shape index (κ3) is 4.79. The van der Waals surface area contributed by atoms with Gasteiger partial charge in [0.05, 0.1) is 28.0 Å². The second-order valence-electron chi connectivity index (χ2n) is 4.71. The predicted molar refractivity (Wildman–Crippen MR) is 87.1 cm³/mol. The first kappa shape index (κ1) is 17.4. The zero-order valence-corrected chi connectivity index (χ0v) is 13.2. The Hall–Kier alpha value is -2.93. The highest BCUT2D eigenvalue weighted by atomic mass is 35.5. The molecule has 0 unspecified atom stereocenters. The minimum absolute atomic E-state index is 0.0534. The van der Waals surface area contributed by atoms with Gasteiger partial charge in [-0.3, -0.25) is 19.7 Å². The van der Waals surface area contributed by atoms with Gasteiger partial charge in [-0.1, -0.05) is 29.8 Å². The average molecular weight is 349 g/mol. The molecule has 8 heteroatoms. The molecule has 0 aromatic heterocycles. The van der Waals surface area contributed by atoms with Crippen LogP contribution in [0.25, 0.3) is 0 Å². The van der Waals surface area contributed by atoms with Crippen molar-refractivity contribution >= 4 is 29.2 Å². The molecule has 2 aromatic rings. The van der Waals surface area contributed by atoms with Crippen molar-refractivity contribution in [2.75, 3.05) is 6.54 Å². The van der Waals surface area contributed by atoms with Crippen LogP contribution >= 0.6 is 11.6 Å². The van der Waals surface area contributed by atoms with E-state index in [4.69, 9.17) is 16.3 Å².